The second-order valence-electron chi connectivity index (χ2n) is 5.79. The quantitative estimate of drug-likeness (QED) is 0.756. The number of alkyl halides is 1. The maximum Gasteiger partial charge on any atom is 0.230 e. The standard InChI is InChI=1S/C14H16FN3O3S2/c1-5-11(9-6-14(3,4)21-17-9)23(19,20)13(15)12-8(2)18-22-10(12)7-16/h5,11,13H,1,6H2,2-4H3. The molecule has 0 aliphatic carbocycles. The van der Waals surface area contributed by atoms with Gasteiger partial charge in [0.05, 0.1) is 17.0 Å². The Labute approximate surface area is 138 Å². The van der Waals surface area contributed by atoms with E-state index in [0.717, 1.165) is 17.6 Å². The fourth-order valence-corrected chi connectivity index (χ4v) is 4.75. The van der Waals surface area contributed by atoms with Crippen LogP contribution < -0.4 is 0 Å². The summed E-state index contributed by atoms with van der Waals surface area (Å²) >= 11 is 0.776. The zero-order chi connectivity index (χ0) is 17.4. The molecule has 6 nitrogen and oxygen atoms in total. The van der Waals surface area contributed by atoms with Gasteiger partial charge in [-0.1, -0.05) is 11.2 Å². The minimum atomic E-state index is -4.34. The lowest BCUT2D eigenvalue weighted by molar-refractivity contribution is 0.0123. The molecular formula is C14H16FN3O3S2. The van der Waals surface area contributed by atoms with Crippen molar-refractivity contribution in [3.05, 3.63) is 28.8 Å². The number of rotatable bonds is 5. The van der Waals surface area contributed by atoms with Gasteiger partial charge in [-0.25, -0.2) is 12.8 Å². The topological polar surface area (TPSA) is 92.4 Å². The average Bonchev–Trinajstić information content (AvgIpc) is 3.01. The van der Waals surface area contributed by atoms with Gasteiger partial charge in [0.2, 0.25) is 5.50 Å². The van der Waals surface area contributed by atoms with E-state index in [9.17, 15) is 12.8 Å². The van der Waals surface area contributed by atoms with Crippen LogP contribution in [0.4, 0.5) is 4.39 Å². The van der Waals surface area contributed by atoms with Crippen molar-refractivity contribution in [2.24, 2.45) is 5.16 Å². The van der Waals surface area contributed by atoms with Gasteiger partial charge in [0, 0.05) is 6.42 Å². The molecule has 2 rings (SSSR count). The van der Waals surface area contributed by atoms with E-state index in [1.165, 1.54) is 6.92 Å². The van der Waals surface area contributed by atoms with Crippen molar-refractivity contribution in [3.63, 3.8) is 0 Å². The van der Waals surface area contributed by atoms with Gasteiger partial charge in [0.15, 0.2) is 9.84 Å². The van der Waals surface area contributed by atoms with Gasteiger partial charge in [-0.2, -0.15) is 9.64 Å². The maximum absolute atomic E-state index is 14.8. The van der Waals surface area contributed by atoms with Crippen LogP contribution in [0.2, 0.25) is 0 Å². The highest BCUT2D eigenvalue weighted by Crippen LogP contribution is 2.36. The number of oxime groups is 1. The Morgan fingerprint density at radius 1 is 1.57 bits per heavy atom. The first-order valence-electron chi connectivity index (χ1n) is 6.74. The average molecular weight is 357 g/mol. The number of halogens is 1. The van der Waals surface area contributed by atoms with Gasteiger partial charge >= 0.3 is 0 Å². The molecule has 0 saturated heterocycles. The zero-order valence-corrected chi connectivity index (χ0v) is 14.5. The summed E-state index contributed by atoms with van der Waals surface area (Å²) in [5.41, 5.74) is -2.83. The molecule has 2 unspecified atom stereocenters. The summed E-state index contributed by atoms with van der Waals surface area (Å²) in [4.78, 5) is 5.11. The highest BCUT2D eigenvalue weighted by atomic mass is 32.2. The minimum absolute atomic E-state index is 0.0497. The molecule has 2 atom stereocenters. The van der Waals surface area contributed by atoms with E-state index in [1.807, 2.05) is 0 Å². The van der Waals surface area contributed by atoms with E-state index in [-0.39, 0.29) is 28.3 Å². The second kappa shape index (κ2) is 6.02. The Hall–Kier alpha value is -1.79. The number of hydrogen-bond acceptors (Lipinski definition) is 7. The summed E-state index contributed by atoms with van der Waals surface area (Å²) in [6, 6.07) is 1.78. The highest BCUT2D eigenvalue weighted by molar-refractivity contribution is 7.93. The molecule has 0 spiro atoms. The first kappa shape index (κ1) is 17.6. The number of nitrogens with zero attached hydrogens (tertiary/aromatic N) is 3. The van der Waals surface area contributed by atoms with Crippen molar-refractivity contribution in [3.8, 4) is 6.07 Å². The first-order valence-corrected chi connectivity index (χ1v) is 9.13. The van der Waals surface area contributed by atoms with Crippen LogP contribution in [0.5, 0.6) is 0 Å². The van der Waals surface area contributed by atoms with Crippen LogP contribution in [0.25, 0.3) is 0 Å². The molecule has 0 bridgehead atoms. The van der Waals surface area contributed by atoms with E-state index >= 15 is 0 Å². The summed E-state index contributed by atoms with van der Waals surface area (Å²) in [7, 11) is -4.34. The summed E-state index contributed by atoms with van der Waals surface area (Å²) in [5.74, 6) is 0. The smallest absolute Gasteiger partial charge is 0.230 e. The van der Waals surface area contributed by atoms with Crippen LogP contribution in [0, 0.1) is 18.3 Å². The molecule has 0 radical (unpaired) electrons. The minimum Gasteiger partial charge on any atom is -0.389 e. The fraction of sp³-hybridized carbons (Fsp3) is 0.500. The molecule has 0 fully saturated rings. The number of hydrogen-bond donors (Lipinski definition) is 0. The van der Waals surface area contributed by atoms with Crippen molar-refractivity contribution in [2.75, 3.05) is 0 Å². The van der Waals surface area contributed by atoms with E-state index in [0.29, 0.717) is 0 Å². The van der Waals surface area contributed by atoms with Gasteiger partial charge in [-0.3, -0.25) is 0 Å². The molecule has 1 aliphatic heterocycles. The van der Waals surface area contributed by atoms with Gasteiger partial charge in [-0.15, -0.1) is 6.58 Å². The number of sulfone groups is 1. The van der Waals surface area contributed by atoms with Crippen LogP contribution in [0.1, 0.15) is 41.9 Å². The van der Waals surface area contributed by atoms with Crippen LogP contribution in [0.3, 0.4) is 0 Å². The Kier molecular flexibility index (Phi) is 4.59. The normalized spacial score (nSPS) is 19.3. The Morgan fingerprint density at radius 3 is 2.70 bits per heavy atom. The third-order valence-electron chi connectivity index (χ3n) is 3.44. The third kappa shape index (κ3) is 3.14. The van der Waals surface area contributed by atoms with Gasteiger partial charge < -0.3 is 4.84 Å². The van der Waals surface area contributed by atoms with E-state index in [2.05, 4.69) is 16.1 Å². The molecular weight excluding hydrogens is 341 g/mol. The molecule has 23 heavy (non-hydrogen) atoms. The van der Waals surface area contributed by atoms with Gasteiger partial charge in [0.25, 0.3) is 0 Å². The largest absolute Gasteiger partial charge is 0.389 e. The van der Waals surface area contributed by atoms with Gasteiger partial charge in [-0.05, 0) is 32.3 Å². The lowest BCUT2D eigenvalue weighted by Crippen LogP contribution is -2.32. The van der Waals surface area contributed by atoms with Crippen molar-refractivity contribution in [1.82, 2.24) is 4.37 Å². The second-order valence-corrected chi connectivity index (χ2v) is 8.67. The molecule has 1 aliphatic rings. The molecule has 2 heterocycles. The Morgan fingerprint density at radius 2 is 2.22 bits per heavy atom. The predicted molar refractivity (Wildman–Crippen MR) is 85.5 cm³/mol. The van der Waals surface area contributed by atoms with Crippen molar-refractivity contribution >= 4 is 27.1 Å². The van der Waals surface area contributed by atoms with Crippen molar-refractivity contribution in [2.45, 2.75) is 43.5 Å². The van der Waals surface area contributed by atoms with Crippen LogP contribution in [0.15, 0.2) is 17.8 Å². The summed E-state index contributed by atoms with van der Waals surface area (Å²) in [6.07, 6.45) is 1.38. The summed E-state index contributed by atoms with van der Waals surface area (Å²) in [6.45, 7) is 8.47. The lowest BCUT2D eigenvalue weighted by atomic mass is 10.0. The molecule has 0 N–H and O–H groups in total. The predicted octanol–water partition coefficient (Wildman–Crippen LogP) is 2.82. The van der Waals surface area contributed by atoms with Crippen LogP contribution >= 0.6 is 11.5 Å². The Balaban J connectivity index is 2.42. The van der Waals surface area contributed by atoms with Crippen molar-refractivity contribution < 1.29 is 17.6 Å². The third-order valence-corrected chi connectivity index (χ3v) is 6.28. The van der Waals surface area contributed by atoms with E-state index in [1.54, 1.807) is 19.9 Å². The summed E-state index contributed by atoms with van der Waals surface area (Å²) in [5, 5.41) is 11.5. The van der Waals surface area contributed by atoms with E-state index in [4.69, 9.17) is 10.1 Å². The molecule has 0 aromatic carbocycles. The zero-order valence-electron chi connectivity index (χ0n) is 12.9. The maximum atomic E-state index is 14.8. The van der Waals surface area contributed by atoms with E-state index < -0.39 is 26.2 Å². The first-order chi connectivity index (χ1) is 10.6. The fourth-order valence-electron chi connectivity index (χ4n) is 2.31. The van der Waals surface area contributed by atoms with Gasteiger partial charge in [0.1, 0.15) is 21.8 Å². The molecule has 0 saturated carbocycles. The van der Waals surface area contributed by atoms with Crippen LogP contribution in [-0.4, -0.2) is 29.4 Å². The monoisotopic (exact) mass is 357 g/mol. The molecule has 1 aromatic heterocycles. The Bertz CT molecular complexity index is 806. The molecule has 124 valence electrons. The number of aromatic nitrogens is 1. The molecule has 1 aromatic rings. The van der Waals surface area contributed by atoms with Crippen molar-refractivity contribution in [1.29, 1.82) is 5.26 Å². The molecule has 9 heteroatoms. The number of aryl methyl sites for hydroxylation is 1. The van der Waals surface area contributed by atoms with Crippen LogP contribution in [-0.2, 0) is 14.7 Å². The lowest BCUT2D eigenvalue weighted by Gasteiger charge is -2.18. The number of nitriles is 1. The highest BCUT2D eigenvalue weighted by Gasteiger charge is 2.43. The SMILES string of the molecule is C=CC(C1=NOC(C)(C)C1)S(=O)(=O)C(F)c1c(C)nsc1C#N. The molecule has 0 amide bonds. The summed E-state index contributed by atoms with van der Waals surface area (Å²) < 4.78 is 44.0.